The van der Waals surface area contributed by atoms with E-state index in [-0.39, 0.29) is 6.54 Å². The molecule has 8 heteroatoms. The molecule has 8 nitrogen and oxygen atoms in total. The Kier molecular flexibility index (Phi) is 5.40. The Hall–Kier alpha value is -3.16. The van der Waals surface area contributed by atoms with Gasteiger partial charge in [-0.1, -0.05) is 0 Å². The molecule has 0 unspecified atom stereocenters. The molecule has 2 N–H and O–H groups in total. The predicted octanol–water partition coefficient (Wildman–Crippen LogP) is 2.15. The summed E-state index contributed by atoms with van der Waals surface area (Å²) >= 11 is 0. The minimum atomic E-state index is -0.893. The number of aliphatic carboxylic acids is 1. The van der Waals surface area contributed by atoms with Crippen LogP contribution in [0.15, 0.2) is 43.0 Å². The van der Waals surface area contributed by atoms with Gasteiger partial charge in [-0.05, 0) is 43.0 Å². The average molecular weight is 341 g/mol. The number of pyridine rings is 1. The number of rotatable bonds is 9. The van der Waals surface area contributed by atoms with Crippen LogP contribution in [0.1, 0.15) is 18.4 Å². The van der Waals surface area contributed by atoms with E-state index in [4.69, 9.17) is 9.84 Å². The third-order valence-electron chi connectivity index (χ3n) is 3.63. The zero-order valence-corrected chi connectivity index (χ0v) is 13.6. The normalized spacial score (nSPS) is 10.7. The van der Waals surface area contributed by atoms with E-state index in [1.807, 2.05) is 18.2 Å². The van der Waals surface area contributed by atoms with E-state index in [1.165, 1.54) is 4.68 Å². The number of nitrogens with zero attached hydrogens (tertiary/aromatic N) is 4. The van der Waals surface area contributed by atoms with Crippen molar-refractivity contribution in [1.29, 1.82) is 0 Å². The third-order valence-corrected chi connectivity index (χ3v) is 3.63. The molecule has 0 saturated carbocycles. The van der Waals surface area contributed by atoms with Crippen LogP contribution in [0.3, 0.4) is 0 Å². The van der Waals surface area contributed by atoms with Gasteiger partial charge in [-0.25, -0.2) is 0 Å². The number of aromatic nitrogens is 5. The molecule has 0 atom stereocenters. The Morgan fingerprint density at radius 2 is 2.16 bits per heavy atom. The Morgan fingerprint density at radius 3 is 2.88 bits per heavy atom. The van der Waals surface area contributed by atoms with Gasteiger partial charge in [0, 0.05) is 12.4 Å². The largest absolute Gasteiger partial charge is 0.492 e. The summed E-state index contributed by atoms with van der Waals surface area (Å²) in [7, 11) is 0. The first-order valence-electron chi connectivity index (χ1n) is 8.02. The summed E-state index contributed by atoms with van der Waals surface area (Å²) in [4.78, 5) is 15.0. The number of carboxylic acids is 1. The van der Waals surface area contributed by atoms with Gasteiger partial charge in [0.25, 0.3) is 0 Å². The van der Waals surface area contributed by atoms with Crippen molar-refractivity contribution in [3.63, 3.8) is 0 Å². The summed E-state index contributed by atoms with van der Waals surface area (Å²) in [6.07, 6.45) is 9.55. The summed E-state index contributed by atoms with van der Waals surface area (Å²) in [5.41, 5.74) is 2.73. The van der Waals surface area contributed by atoms with Crippen LogP contribution in [0, 0.1) is 0 Å². The average Bonchev–Trinajstić information content (AvgIpc) is 3.27. The maximum absolute atomic E-state index is 10.6. The van der Waals surface area contributed by atoms with Crippen LogP contribution in [0.4, 0.5) is 0 Å². The highest BCUT2D eigenvalue weighted by atomic mass is 16.5. The maximum Gasteiger partial charge on any atom is 0.325 e. The van der Waals surface area contributed by atoms with Crippen LogP contribution in [0.2, 0.25) is 0 Å². The topological polar surface area (TPSA) is 106 Å². The van der Waals surface area contributed by atoms with Gasteiger partial charge in [-0.2, -0.15) is 10.2 Å². The third kappa shape index (κ3) is 4.90. The molecule has 0 fully saturated rings. The van der Waals surface area contributed by atoms with Crippen molar-refractivity contribution < 1.29 is 14.6 Å². The molecule has 3 aromatic rings. The lowest BCUT2D eigenvalue weighted by atomic mass is 10.1. The molecule has 0 aliphatic rings. The van der Waals surface area contributed by atoms with E-state index in [2.05, 4.69) is 20.3 Å². The number of ether oxygens (including phenoxy) is 1. The van der Waals surface area contributed by atoms with E-state index in [9.17, 15) is 4.79 Å². The molecular formula is C17H19N5O3. The second-order valence-electron chi connectivity index (χ2n) is 5.59. The molecule has 130 valence electrons. The summed E-state index contributed by atoms with van der Waals surface area (Å²) in [5.74, 6) is -0.159. The molecule has 3 heterocycles. The van der Waals surface area contributed by atoms with Gasteiger partial charge in [-0.3, -0.25) is 19.6 Å². The number of hydrogen-bond donors (Lipinski definition) is 2. The summed E-state index contributed by atoms with van der Waals surface area (Å²) in [5, 5.41) is 19.5. The first-order chi connectivity index (χ1) is 12.2. The van der Waals surface area contributed by atoms with E-state index in [1.54, 1.807) is 24.8 Å². The number of aryl methyl sites for hydroxylation is 1. The smallest absolute Gasteiger partial charge is 0.325 e. The Balaban J connectivity index is 1.37. The maximum atomic E-state index is 10.6. The zero-order chi connectivity index (χ0) is 17.5. The van der Waals surface area contributed by atoms with Crippen LogP contribution in [-0.4, -0.2) is 42.6 Å². The Labute approximate surface area is 144 Å². The van der Waals surface area contributed by atoms with Crippen molar-refractivity contribution in [2.24, 2.45) is 0 Å². The summed E-state index contributed by atoms with van der Waals surface area (Å²) < 4.78 is 7.12. The molecule has 0 aliphatic carbocycles. The molecule has 0 spiro atoms. The molecule has 0 radical (unpaired) electrons. The minimum absolute atomic E-state index is 0.106. The molecule has 0 aromatic carbocycles. The molecule has 0 saturated heterocycles. The predicted molar refractivity (Wildman–Crippen MR) is 90.1 cm³/mol. The molecule has 0 aliphatic heterocycles. The fourth-order valence-electron chi connectivity index (χ4n) is 2.41. The number of H-pyrrole nitrogens is 1. The van der Waals surface area contributed by atoms with Crippen LogP contribution >= 0.6 is 0 Å². The number of carboxylic acid groups (broad SMARTS) is 1. The van der Waals surface area contributed by atoms with Crippen LogP contribution in [-0.2, 0) is 17.8 Å². The van der Waals surface area contributed by atoms with Gasteiger partial charge in [0.15, 0.2) is 0 Å². The molecule has 0 bridgehead atoms. The van der Waals surface area contributed by atoms with Gasteiger partial charge >= 0.3 is 5.97 Å². The number of hydrogen-bond acceptors (Lipinski definition) is 5. The molecule has 0 amide bonds. The van der Waals surface area contributed by atoms with Crippen molar-refractivity contribution in [2.75, 3.05) is 6.61 Å². The van der Waals surface area contributed by atoms with Crippen molar-refractivity contribution in [2.45, 2.75) is 25.8 Å². The van der Waals surface area contributed by atoms with Crippen molar-refractivity contribution in [3.05, 3.63) is 48.5 Å². The fourth-order valence-corrected chi connectivity index (χ4v) is 2.41. The van der Waals surface area contributed by atoms with Crippen molar-refractivity contribution >= 4 is 5.97 Å². The van der Waals surface area contributed by atoms with Gasteiger partial charge in [0.2, 0.25) is 0 Å². The standard InChI is InChI=1S/C17H19N5O3/c23-17(24)12-22-11-13(9-20-22)3-1-2-8-25-14-4-5-15(18-10-14)16-6-7-19-21-16/h4-7,9-11H,1-3,8,12H2,(H,19,21)(H,23,24). The fraction of sp³-hybridized carbons (Fsp3) is 0.294. The molecular weight excluding hydrogens is 322 g/mol. The van der Waals surface area contributed by atoms with E-state index in [0.29, 0.717) is 6.61 Å². The monoisotopic (exact) mass is 341 g/mol. The summed E-state index contributed by atoms with van der Waals surface area (Å²) in [6, 6.07) is 5.64. The first kappa shape index (κ1) is 16.7. The molecule has 25 heavy (non-hydrogen) atoms. The highest BCUT2D eigenvalue weighted by Gasteiger charge is 2.03. The Morgan fingerprint density at radius 1 is 1.24 bits per heavy atom. The van der Waals surface area contributed by atoms with Gasteiger partial charge in [0.1, 0.15) is 12.3 Å². The first-order valence-corrected chi connectivity index (χ1v) is 8.02. The lowest BCUT2D eigenvalue weighted by Crippen LogP contribution is -2.08. The van der Waals surface area contributed by atoms with E-state index >= 15 is 0 Å². The van der Waals surface area contributed by atoms with Gasteiger partial charge in [0.05, 0.1) is 30.4 Å². The Bertz CT molecular complexity index is 796. The van der Waals surface area contributed by atoms with Crippen molar-refractivity contribution in [3.8, 4) is 17.1 Å². The molecule has 3 rings (SSSR count). The van der Waals surface area contributed by atoms with Gasteiger partial charge in [-0.15, -0.1) is 0 Å². The minimum Gasteiger partial charge on any atom is -0.492 e. The van der Waals surface area contributed by atoms with Crippen LogP contribution in [0.25, 0.3) is 11.4 Å². The number of aromatic amines is 1. The lowest BCUT2D eigenvalue weighted by Gasteiger charge is -2.06. The quantitative estimate of drug-likeness (QED) is 0.578. The number of unbranched alkanes of at least 4 members (excludes halogenated alkanes) is 1. The SMILES string of the molecule is O=C(O)Cn1cc(CCCCOc2ccc(-c3ccn[nH]3)nc2)cn1. The van der Waals surface area contributed by atoms with E-state index < -0.39 is 5.97 Å². The van der Waals surface area contributed by atoms with Crippen molar-refractivity contribution in [1.82, 2.24) is 25.0 Å². The zero-order valence-electron chi connectivity index (χ0n) is 13.6. The highest BCUT2D eigenvalue weighted by molar-refractivity contribution is 5.66. The summed E-state index contributed by atoms with van der Waals surface area (Å²) in [6.45, 7) is 0.499. The van der Waals surface area contributed by atoms with E-state index in [0.717, 1.165) is 42.0 Å². The number of nitrogens with one attached hydrogen (secondary N) is 1. The van der Waals surface area contributed by atoms with Gasteiger partial charge < -0.3 is 9.84 Å². The number of carbonyl (C=O) groups is 1. The second kappa shape index (κ2) is 8.09. The second-order valence-corrected chi connectivity index (χ2v) is 5.59. The van der Waals surface area contributed by atoms with Crippen LogP contribution in [0.5, 0.6) is 5.75 Å². The molecule has 3 aromatic heterocycles. The van der Waals surface area contributed by atoms with Crippen LogP contribution < -0.4 is 4.74 Å². The highest BCUT2D eigenvalue weighted by Crippen LogP contribution is 2.17. The lowest BCUT2D eigenvalue weighted by molar-refractivity contribution is -0.137.